The Morgan fingerprint density at radius 3 is 2.50 bits per heavy atom. The normalized spacial score (nSPS) is 44.8. The van der Waals surface area contributed by atoms with E-state index in [9.17, 15) is 4.79 Å². The van der Waals surface area contributed by atoms with Crippen LogP contribution in [0.4, 0.5) is 0 Å². The van der Waals surface area contributed by atoms with Crippen LogP contribution in [0.25, 0.3) is 0 Å². The maximum atomic E-state index is 11.5. The highest BCUT2D eigenvalue weighted by Crippen LogP contribution is 2.51. The number of fused-ring (bicyclic) bond motifs is 2. The lowest BCUT2D eigenvalue weighted by atomic mass is 9.80. The van der Waals surface area contributed by atoms with E-state index in [1.807, 2.05) is 0 Å². The molecule has 68 valence electrons. The summed E-state index contributed by atoms with van der Waals surface area (Å²) in [4.78, 5) is 11.5. The van der Waals surface area contributed by atoms with Gasteiger partial charge in [-0.15, -0.1) is 0 Å². The Morgan fingerprint density at radius 2 is 2.00 bits per heavy atom. The van der Waals surface area contributed by atoms with Crippen LogP contribution in [0, 0.1) is 23.7 Å². The summed E-state index contributed by atoms with van der Waals surface area (Å²) in [5, 5.41) is 2.78. The first-order valence-electron chi connectivity index (χ1n) is 4.95. The zero-order chi connectivity index (χ0) is 8.72. The van der Waals surface area contributed by atoms with Crippen molar-refractivity contribution in [1.82, 2.24) is 5.32 Å². The van der Waals surface area contributed by atoms with Gasteiger partial charge in [-0.1, -0.05) is 6.92 Å². The second kappa shape index (κ2) is 2.75. The van der Waals surface area contributed by atoms with Crippen molar-refractivity contribution in [1.29, 1.82) is 0 Å². The van der Waals surface area contributed by atoms with Gasteiger partial charge in [0.15, 0.2) is 0 Å². The molecule has 0 aliphatic heterocycles. The summed E-state index contributed by atoms with van der Waals surface area (Å²) in [5.74, 6) is 2.77. The molecule has 2 fully saturated rings. The van der Waals surface area contributed by atoms with Crippen molar-refractivity contribution < 1.29 is 4.79 Å². The van der Waals surface area contributed by atoms with E-state index in [0.29, 0.717) is 17.8 Å². The maximum Gasteiger partial charge on any atom is 0.223 e. The average molecular weight is 167 g/mol. The van der Waals surface area contributed by atoms with E-state index in [1.165, 1.54) is 19.3 Å². The molecule has 2 aliphatic rings. The predicted molar refractivity (Wildman–Crippen MR) is 47.6 cm³/mol. The molecule has 2 aliphatic carbocycles. The van der Waals surface area contributed by atoms with Crippen LogP contribution in [0.3, 0.4) is 0 Å². The Kier molecular flexibility index (Phi) is 1.85. The Bertz CT molecular complexity index is 200. The number of amides is 1. The first-order chi connectivity index (χ1) is 5.74. The third kappa shape index (κ3) is 0.970. The molecule has 2 saturated carbocycles. The quantitative estimate of drug-likeness (QED) is 0.628. The summed E-state index contributed by atoms with van der Waals surface area (Å²) >= 11 is 0. The van der Waals surface area contributed by atoms with Crippen LogP contribution in [0.5, 0.6) is 0 Å². The van der Waals surface area contributed by atoms with E-state index >= 15 is 0 Å². The number of rotatable bonds is 1. The molecule has 4 atom stereocenters. The van der Waals surface area contributed by atoms with Gasteiger partial charge >= 0.3 is 0 Å². The van der Waals surface area contributed by atoms with Gasteiger partial charge in [0.25, 0.3) is 0 Å². The maximum absolute atomic E-state index is 11.5. The lowest BCUT2D eigenvalue weighted by Gasteiger charge is -2.26. The van der Waals surface area contributed by atoms with Crippen LogP contribution in [-0.2, 0) is 4.79 Å². The summed E-state index contributed by atoms with van der Waals surface area (Å²) in [6.07, 6.45) is 3.95. The topological polar surface area (TPSA) is 29.1 Å². The fourth-order valence-corrected chi connectivity index (χ4v) is 3.20. The van der Waals surface area contributed by atoms with Crippen LogP contribution >= 0.6 is 0 Å². The molecule has 2 bridgehead atoms. The molecular formula is C10H17NO. The fraction of sp³-hybridized carbons (Fsp3) is 0.900. The number of carbonyl (C=O) groups excluding carboxylic acids is 1. The van der Waals surface area contributed by atoms with Gasteiger partial charge in [-0.25, -0.2) is 0 Å². The number of nitrogens with one attached hydrogen (secondary N) is 1. The highest BCUT2D eigenvalue weighted by Gasteiger charge is 2.48. The fourth-order valence-electron chi connectivity index (χ4n) is 3.20. The smallest absolute Gasteiger partial charge is 0.223 e. The number of hydrogen-bond donors (Lipinski definition) is 1. The molecule has 1 amide bonds. The lowest BCUT2D eigenvalue weighted by molar-refractivity contribution is -0.127. The van der Waals surface area contributed by atoms with Gasteiger partial charge in [-0.05, 0) is 37.0 Å². The third-order valence-electron chi connectivity index (χ3n) is 3.88. The second-order valence-corrected chi connectivity index (χ2v) is 4.33. The molecule has 0 radical (unpaired) electrons. The Hall–Kier alpha value is -0.530. The predicted octanol–water partition coefficient (Wildman–Crippen LogP) is 1.41. The van der Waals surface area contributed by atoms with Gasteiger partial charge in [0.2, 0.25) is 5.91 Å². The van der Waals surface area contributed by atoms with Gasteiger partial charge in [0, 0.05) is 13.0 Å². The summed E-state index contributed by atoms with van der Waals surface area (Å²) in [6.45, 7) is 2.24. The van der Waals surface area contributed by atoms with Crippen molar-refractivity contribution in [2.24, 2.45) is 23.7 Å². The van der Waals surface area contributed by atoms with E-state index < -0.39 is 0 Å². The molecule has 0 saturated heterocycles. The van der Waals surface area contributed by atoms with Crippen molar-refractivity contribution in [3.8, 4) is 0 Å². The van der Waals surface area contributed by atoms with Crippen LogP contribution in [0.2, 0.25) is 0 Å². The minimum atomic E-state index is 0.273. The molecule has 1 N–H and O–H groups in total. The van der Waals surface area contributed by atoms with Crippen LogP contribution in [0.1, 0.15) is 26.2 Å². The van der Waals surface area contributed by atoms with Crippen LogP contribution in [0.15, 0.2) is 0 Å². The van der Waals surface area contributed by atoms with Gasteiger partial charge in [0.05, 0.1) is 0 Å². The number of carbonyl (C=O) groups is 1. The molecular weight excluding hydrogens is 150 g/mol. The van der Waals surface area contributed by atoms with Gasteiger partial charge in [-0.3, -0.25) is 4.79 Å². The SMILES string of the molecule is CNC(=O)C1C2CCC(C2)C1C. The molecule has 0 heterocycles. The van der Waals surface area contributed by atoms with E-state index in [2.05, 4.69) is 12.2 Å². The first kappa shape index (κ1) is 8.09. The Balaban J connectivity index is 2.12. The highest BCUT2D eigenvalue weighted by molar-refractivity contribution is 5.79. The van der Waals surface area contributed by atoms with E-state index in [4.69, 9.17) is 0 Å². The van der Waals surface area contributed by atoms with E-state index in [1.54, 1.807) is 7.05 Å². The highest BCUT2D eigenvalue weighted by atomic mass is 16.1. The monoisotopic (exact) mass is 167 g/mol. The molecule has 0 aromatic rings. The first-order valence-corrected chi connectivity index (χ1v) is 4.95. The van der Waals surface area contributed by atoms with E-state index in [0.717, 1.165) is 5.92 Å². The summed E-state index contributed by atoms with van der Waals surface area (Å²) in [5.41, 5.74) is 0. The Labute approximate surface area is 73.7 Å². The molecule has 4 unspecified atom stereocenters. The molecule has 0 spiro atoms. The molecule has 2 nitrogen and oxygen atoms in total. The van der Waals surface area contributed by atoms with Crippen molar-refractivity contribution in [3.63, 3.8) is 0 Å². The molecule has 12 heavy (non-hydrogen) atoms. The molecule has 0 aromatic heterocycles. The zero-order valence-corrected chi connectivity index (χ0v) is 7.84. The summed E-state index contributed by atoms with van der Waals surface area (Å²) in [7, 11) is 1.75. The average Bonchev–Trinajstić information content (AvgIpc) is 2.63. The number of hydrogen-bond acceptors (Lipinski definition) is 1. The summed E-state index contributed by atoms with van der Waals surface area (Å²) in [6, 6.07) is 0. The van der Waals surface area contributed by atoms with E-state index in [-0.39, 0.29) is 5.91 Å². The van der Waals surface area contributed by atoms with Crippen LogP contribution < -0.4 is 5.32 Å². The minimum Gasteiger partial charge on any atom is -0.359 e. The Morgan fingerprint density at radius 1 is 1.33 bits per heavy atom. The van der Waals surface area contributed by atoms with Crippen molar-refractivity contribution in [2.45, 2.75) is 26.2 Å². The minimum absolute atomic E-state index is 0.273. The van der Waals surface area contributed by atoms with Crippen molar-refractivity contribution >= 4 is 5.91 Å². The van der Waals surface area contributed by atoms with Crippen LogP contribution in [-0.4, -0.2) is 13.0 Å². The largest absolute Gasteiger partial charge is 0.359 e. The zero-order valence-electron chi connectivity index (χ0n) is 7.84. The van der Waals surface area contributed by atoms with Crippen molar-refractivity contribution in [3.05, 3.63) is 0 Å². The molecule has 2 heteroatoms. The standard InChI is InChI=1S/C10H17NO/c1-6-7-3-4-8(5-7)9(6)10(12)11-2/h6-9H,3-5H2,1-2H3,(H,11,12). The van der Waals surface area contributed by atoms with Gasteiger partial charge in [0.1, 0.15) is 0 Å². The molecule has 2 rings (SSSR count). The molecule has 0 aromatic carbocycles. The lowest BCUT2D eigenvalue weighted by Crippen LogP contribution is -2.35. The third-order valence-corrected chi connectivity index (χ3v) is 3.88. The summed E-state index contributed by atoms with van der Waals surface area (Å²) < 4.78 is 0. The van der Waals surface area contributed by atoms with Crippen molar-refractivity contribution in [2.75, 3.05) is 7.05 Å². The van der Waals surface area contributed by atoms with Gasteiger partial charge < -0.3 is 5.32 Å². The van der Waals surface area contributed by atoms with Gasteiger partial charge in [-0.2, -0.15) is 0 Å². The second-order valence-electron chi connectivity index (χ2n) is 4.33.